The fraction of sp³-hybridized carbons (Fsp3) is 0.542. The van der Waals surface area contributed by atoms with E-state index in [1.807, 2.05) is 24.3 Å². The highest BCUT2D eigenvalue weighted by Gasteiger charge is 2.38. The Morgan fingerprint density at radius 2 is 1.93 bits per heavy atom. The minimum Gasteiger partial charge on any atom is -0.510 e. The molecule has 2 N–H and O–H groups in total. The highest BCUT2D eigenvalue weighted by molar-refractivity contribution is 5.85. The average Bonchev–Trinajstić information content (AvgIpc) is 3.04. The first-order valence-corrected chi connectivity index (χ1v) is 10.7. The summed E-state index contributed by atoms with van der Waals surface area (Å²) in [6.07, 6.45) is 10.1. The van der Waals surface area contributed by atoms with Crippen LogP contribution in [-0.2, 0) is 0 Å². The maximum absolute atomic E-state index is 11.1. The zero-order chi connectivity index (χ0) is 20.1. The third-order valence-corrected chi connectivity index (χ3v) is 5.98. The summed E-state index contributed by atoms with van der Waals surface area (Å²) in [6.45, 7) is 7.30. The van der Waals surface area contributed by atoms with Crippen LogP contribution in [0.25, 0.3) is 0 Å². The molecule has 0 spiro atoms. The number of nitrogens with zero attached hydrogens (tertiary/aromatic N) is 2. The molecule has 0 saturated heterocycles. The summed E-state index contributed by atoms with van der Waals surface area (Å²) >= 11 is 0. The topological polar surface area (TPSA) is 56.1 Å². The number of hydrogen-bond donors (Lipinski definition) is 2. The minimum absolute atomic E-state index is 0.0115. The molecule has 1 aliphatic heterocycles. The van der Waals surface area contributed by atoms with Crippen molar-refractivity contribution in [3.63, 3.8) is 0 Å². The Morgan fingerprint density at radius 3 is 2.64 bits per heavy atom. The Hall–Kier alpha value is -2.07. The number of amidine groups is 1. The number of aliphatic hydroxyl groups excluding tert-OH is 2. The van der Waals surface area contributed by atoms with Crippen molar-refractivity contribution in [3.05, 3.63) is 59.4 Å². The van der Waals surface area contributed by atoms with Gasteiger partial charge >= 0.3 is 0 Å². The third-order valence-electron chi connectivity index (χ3n) is 5.98. The summed E-state index contributed by atoms with van der Waals surface area (Å²) in [4.78, 5) is 7.18. The van der Waals surface area contributed by atoms with Crippen molar-refractivity contribution >= 4 is 5.84 Å². The Bertz CT molecular complexity index is 753. The molecule has 4 unspecified atom stereocenters. The zero-order valence-corrected chi connectivity index (χ0v) is 17.4. The molecule has 0 radical (unpaired) electrons. The van der Waals surface area contributed by atoms with Crippen LogP contribution in [0, 0.1) is 12.8 Å². The predicted octanol–water partition coefficient (Wildman–Crippen LogP) is 5.10. The van der Waals surface area contributed by atoms with Crippen LogP contribution in [0.15, 0.2) is 53.2 Å². The molecule has 4 atom stereocenters. The Kier molecular flexibility index (Phi) is 6.95. The van der Waals surface area contributed by atoms with Crippen LogP contribution in [0.1, 0.15) is 63.2 Å². The number of hydrogen-bond acceptors (Lipinski definition) is 4. The van der Waals surface area contributed by atoms with Gasteiger partial charge in [-0.15, -0.1) is 0 Å². The summed E-state index contributed by atoms with van der Waals surface area (Å²) in [5.41, 5.74) is 2.19. The van der Waals surface area contributed by atoms with Crippen LogP contribution in [0.3, 0.4) is 0 Å². The number of aliphatic hydroxyl groups is 2. The highest BCUT2D eigenvalue weighted by atomic mass is 16.3. The van der Waals surface area contributed by atoms with Gasteiger partial charge in [0, 0.05) is 13.0 Å². The summed E-state index contributed by atoms with van der Waals surface area (Å²) in [7, 11) is 0. The predicted molar refractivity (Wildman–Crippen MR) is 116 cm³/mol. The summed E-state index contributed by atoms with van der Waals surface area (Å²) in [5.74, 6) is 1.69. The third kappa shape index (κ3) is 4.33. The fourth-order valence-electron chi connectivity index (χ4n) is 4.55. The van der Waals surface area contributed by atoms with Crippen molar-refractivity contribution < 1.29 is 10.2 Å². The van der Waals surface area contributed by atoms with E-state index in [1.165, 1.54) is 0 Å². The standard InChI is InChI=1S/C24H34N2O2/c1-4-9-18(24(28)19-11-7-6-10-17(19)3)14-15-22-25-20-12-8-13-21(27)23(20)26(22)16-5-2/h6-8,10-13,18,20,23-24,27-28H,4-5,9,14-16H2,1-3H3. The molecule has 0 bridgehead atoms. The van der Waals surface area contributed by atoms with Gasteiger partial charge in [0.25, 0.3) is 0 Å². The summed E-state index contributed by atoms with van der Waals surface area (Å²) in [6, 6.07) is 8.10. The molecule has 1 heterocycles. The number of rotatable bonds is 9. The van der Waals surface area contributed by atoms with Gasteiger partial charge in [-0.25, -0.2) is 0 Å². The van der Waals surface area contributed by atoms with Crippen LogP contribution in [0.2, 0.25) is 0 Å². The molecule has 3 rings (SSSR count). The maximum Gasteiger partial charge on any atom is 0.117 e. The largest absolute Gasteiger partial charge is 0.510 e. The van der Waals surface area contributed by atoms with Crippen LogP contribution in [0.4, 0.5) is 0 Å². The van der Waals surface area contributed by atoms with E-state index >= 15 is 0 Å². The van der Waals surface area contributed by atoms with Crippen LogP contribution in [0.5, 0.6) is 0 Å². The van der Waals surface area contributed by atoms with Crippen molar-refractivity contribution in [1.82, 2.24) is 4.90 Å². The molecule has 28 heavy (non-hydrogen) atoms. The summed E-state index contributed by atoms with van der Waals surface area (Å²) in [5, 5.41) is 21.4. The molecule has 1 aromatic rings. The Morgan fingerprint density at radius 1 is 1.14 bits per heavy atom. The van der Waals surface area contributed by atoms with E-state index in [-0.39, 0.29) is 18.0 Å². The highest BCUT2D eigenvalue weighted by Crippen LogP contribution is 2.34. The molecular weight excluding hydrogens is 348 g/mol. The van der Waals surface area contributed by atoms with Gasteiger partial charge in [0.2, 0.25) is 0 Å². The fourth-order valence-corrected chi connectivity index (χ4v) is 4.55. The van der Waals surface area contributed by atoms with E-state index in [4.69, 9.17) is 4.99 Å². The van der Waals surface area contributed by atoms with Gasteiger partial charge in [-0.05, 0) is 49.3 Å². The molecule has 0 saturated carbocycles. The van der Waals surface area contributed by atoms with E-state index in [9.17, 15) is 10.2 Å². The van der Waals surface area contributed by atoms with Crippen LogP contribution in [-0.4, -0.2) is 39.6 Å². The first-order valence-electron chi connectivity index (χ1n) is 10.7. The van der Waals surface area contributed by atoms with Gasteiger partial charge in [-0.1, -0.05) is 56.7 Å². The first-order chi connectivity index (χ1) is 13.6. The van der Waals surface area contributed by atoms with E-state index in [2.05, 4.69) is 37.8 Å². The van der Waals surface area contributed by atoms with Gasteiger partial charge in [0.05, 0.1) is 12.1 Å². The number of fused-ring (bicyclic) bond motifs is 1. The molecule has 0 amide bonds. The van der Waals surface area contributed by atoms with Crippen molar-refractivity contribution in [2.45, 2.75) is 71.1 Å². The number of aliphatic imine (C=N–C) groups is 1. The van der Waals surface area contributed by atoms with Gasteiger partial charge in [0.15, 0.2) is 0 Å². The normalized spacial score (nSPS) is 23.2. The van der Waals surface area contributed by atoms with E-state index in [0.717, 1.165) is 55.6 Å². The van der Waals surface area contributed by atoms with Crippen LogP contribution >= 0.6 is 0 Å². The van der Waals surface area contributed by atoms with Gasteiger partial charge in [-0.3, -0.25) is 4.99 Å². The lowest BCUT2D eigenvalue weighted by Gasteiger charge is -2.31. The lowest BCUT2D eigenvalue weighted by Crippen LogP contribution is -2.42. The monoisotopic (exact) mass is 382 g/mol. The second kappa shape index (κ2) is 9.42. The molecule has 0 fully saturated rings. The molecule has 2 aliphatic rings. The average molecular weight is 383 g/mol. The number of allylic oxidation sites excluding steroid dienone is 2. The SMILES string of the molecule is CCCC(CCC1=NC2C=CC=C(O)C2N1CCC)C(O)c1ccccc1C. The molecule has 1 aliphatic carbocycles. The van der Waals surface area contributed by atoms with Crippen molar-refractivity contribution in [1.29, 1.82) is 0 Å². The van der Waals surface area contributed by atoms with Crippen molar-refractivity contribution in [2.24, 2.45) is 10.9 Å². The zero-order valence-electron chi connectivity index (χ0n) is 17.4. The second-order valence-corrected chi connectivity index (χ2v) is 8.04. The summed E-state index contributed by atoms with van der Waals surface area (Å²) < 4.78 is 0. The lowest BCUT2D eigenvalue weighted by molar-refractivity contribution is 0.0970. The van der Waals surface area contributed by atoms with E-state index in [0.29, 0.717) is 5.76 Å². The Labute approximate surface area is 169 Å². The smallest absolute Gasteiger partial charge is 0.117 e. The van der Waals surface area contributed by atoms with Crippen LogP contribution < -0.4 is 0 Å². The van der Waals surface area contributed by atoms with Crippen molar-refractivity contribution in [2.75, 3.05) is 6.54 Å². The number of aryl methyl sites for hydroxylation is 1. The minimum atomic E-state index is -0.446. The van der Waals surface area contributed by atoms with Gasteiger partial charge in [-0.2, -0.15) is 0 Å². The lowest BCUT2D eigenvalue weighted by atomic mass is 9.86. The quantitative estimate of drug-likeness (QED) is 0.625. The molecule has 0 aromatic heterocycles. The molecule has 4 nitrogen and oxygen atoms in total. The van der Waals surface area contributed by atoms with E-state index in [1.54, 1.807) is 6.08 Å². The first kappa shape index (κ1) is 20.7. The molecule has 152 valence electrons. The molecular formula is C24H34N2O2. The van der Waals surface area contributed by atoms with Gasteiger partial charge < -0.3 is 15.1 Å². The second-order valence-electron chi connectivity index (χ2n) is 8.04. The van der Waals surface area contributed by atoms with Gasteiger partial charge in [0.1, 0.15) is 17.6 Å². The maximum atomic E-state index is 11.1. The Balaban J connectivity index is 1.73. The molecule has 4 heteroatoms. The molecule has 1 aromatic carbocycles. The van der Waals surface area contributed by atoms with Crippen molar-refractivity contribution in [3.8, 4) is 0 Å². The number of benzene rings is 1. The van der Waals surface area contributed by atoms with E-state index < -0.39 is 6.10 Å².